The molecule has 2 amide bonds. The quantitative estimate of drug-likeness (QED) is 0.164. The van der Waals surface area contributed by atoms with Crippen molar-refractivity contribution in [3.05, 3.63) is 100 Å². The van der Waals surface area contributed by atoms with E-state index in [0.717, 1.165) is 23.1 Å². The number of tetrazole rings is 1. The van der Waals surface area contributed by atoms with Crippen LogP contribution in [0.2, 0.25) is 10.0 Å². The van der Waals surface area contributed by atoms with E-state index in [1.165, 1.54) is 12.1 Å². The number of benzene rings is 3. The molecule has 5 aromatic rings. The number of amides is 2. The van der Waals surface area contributed by atoms with E-state index >= 15 is 0 Å². The Morgan fingerprint density at radius 2 is 1.76 bits per heavy atom. The Balaban J connectivity index is 1.54. The van der Waals surface area contributed by atoms with E-state index in [2.05, 4.69) is 43.1 Å². The summed E-state index contributed by atoms with van der Waals surface area (Å²) in [7, 11) is 0. The second kappa shape index (κ2) is 12.8. The molecule has 0 atom stereocenters. The molecular formula is C29H25Cl2FN8O. The van der Waals surface area contributed by atoms with Crippen molar-refractivity contribution in [3.8, 4) is 22.6 Å². The van der Waals surface area contributed by atoms with Gasteiger partial charge in [0.15, 0.2) is 0 Å². The van der Waals surface area contributed by atoms with Gasteiger partial charge in [-0.25, -0.2) is 14.2 Å². The molecule has 0 saturated heterocycles. The lowest BCUT2D eigenvalue weighted by atomic mass is 10.0. The lowest BCUT2D eigenvalue weighted by Crippen LogP contribution is -2.25. The predicted octanol–water partition coefficient (Wildman–Crippen LogP) is 7.44. The summed E-state index contributed by atoms with van der Waals surface area (Å²) < 4.78 is 13.6. The summed E-state index contributed by atoms with van der Waals surface area (Å²) in [5, 5.41) is 20.9. The number of rotatable bonds is 9. The maximum Gasteiger partial charge on any atom is 0.323 e. The second-order valence-electron chi connectivity index (χ2n) is 9.13. The fourth-order valence-electron chi connectivity index (χ4n) is 4.30. The fraction of sp³-hybridized carbons (Fsp3) is 0.138. The minimum absolute atomic E-state index is 0.299. The number of hydrogen-bond acceptors (Lipinski definition) is 6. The minimum Gasteiger partial charge on any atom is -0.352 e. The molecule has 3 N–H and O–H groups in total. The van der Waals surface area contributed by atoms with Crippen LogP contribution in [0.4, 0.5) is 26.4 Å². The van der Waals surface area contributed by atoms with Crippen molar-refractivity contribution < 1.29 is 9.18 Å². The summed E-state index contributed by atoms with van der Waals surface area (Å²) in [6.45, 7) is 3.23. The van der Waals surface area contributed by atoms with Gasteiger partial charge in [0.05, 0.1) is 16.4 Å². The number of hydrogen-bond donors (Lipinski definition) is 3. The highest BCUT2D eigenvalue weighted by molar-refractivity contribution is 6.36. The molecule has 9 nitrogen and oxygen atoms in total. The van der Waals surface area contributed by atoms with Crippen molar-refractivity contribution in [1.29, 1.82) is 0 Å². The Morgan fingerprint density at radius 3 is 2.46 bits per heavy atom. The number of aromatic amines is 1. The maximum absolute atomic E-state index is 13.6. The molecule has 5 rings (SSSR count). The molecule has 0 aliphatic rings. The first-order valence-electron chi connectivity index (χ1n) is 12.8. The third-order valence-corrected chi connectivity index (χ3v) is 6.69. The molecule has 0 spiro atoms. The van der Waals surface area contributed by atoms with Crippen molar-refractivity contribution in [2.75, 3.05) is 22.1 Å². The van der Waals surface area contributed by atoms with Crippen LogP contribution >= 0.6 is 23.2 Å². The monoisotopic (exact) mass is 590 g/mol. The first kappa shape index (κ1) is 28.0. The van der Waals surface area contributed by atoms with Crippen molar-refractivity contribution in [3.63, 3.8) is 0 Å². The van der Waals surface area contributed by atoms with Gasteiger partial charge in [0.2, 0.25) is 5.82 Å². The van der Waals surface area contributed by atoms with E-state index in [4.69, 9.17) is 28.2 Å². The third-order valence-electron chi connectivity index (χ3n) is 6.14. The molecule has 0 radical (unpaired) electrons. The highest BCUT2D eigenvalue weighted by Gasteiger charge is 2.17. The van der Waals surface area contributed by atoms with Gasteiger partial charge in [0.25, 0.3) is 0 Å². The molecule has 208 valence electrons. The van der Waals surface area contributed by atoms with Crippen LogP contribution < -0.4 is 15.5 Å². The number of nitrogens with one attached hydrogen (secondary N) is 3. The zero-order valence-corrected chi connectivity index (χ0v) is 23.4. The molecule has 0 aliphatic heterocycles. The Hall–Kier alpha value is -4.54. The highest BCUT2D eigenvalue weighted by Crippen LogP contribution is 2.33. The normalized spacial score (nSPS) is 10.8. The van der Waals surface area contributed by atoms with Crippen molar-refractivity contribution in [1.82, 2.24) is 25.6 Å². The number of urea groups is 1. The zero-order chi connectivity index (χ0) is 28.8. The molecule has 0 unspecified atom stereocenters. The first-order valence-corrected chi connectivity index (χ1v) is 13.5. The molecule has 3 aromatic carbocycles. The summed E-state index contributed by atoms with van der Waals surface area (Å²) in [4.78, 5) is 20.1. The molecular weight excluding hydrogens is 566 g/mol. The molecule has 0 aliphatic carbocycles. The van der Waals surface area contributed by atoms with Gasteiger partial charge in [-0.1, -0.05) is 66.5 Å². The number of halogens is 3. The van der Waals surface area contributed by atoms with Crippen molar-refractivity contribution in [2.45, 2.75) is 19.9 Å². The predicted molar refractivity (Wildman–Crippen MR) is 160 cm³/mol. The van der Waals surface area contributed by atoms with Gasteiger partial charge in [-0.15, -0.1) is 10.2 Å². The van der Waals surface area contributed by atoms with Gasteiger partial charge < -0.3 is 15.5 Å². The molecule has 0 saturated carbocycles. The van der Waals surface area contributed by atoms with E-state index in [9.17, 15) is 9.18 Å². The summed E-state index contributed by atoms with van der Waals surface area (Å²) in [6, 6.07) is 21.8. The van der Waals surface area contributed by atoms with Gasteiger partial charge in [-0.05, 0) is 53.6 Å². The van der Waals surface area contributed by atoms with E-state index in [-0.39, 0.29) is 5.82 Å². The SMILES string of the molecule is CCCN(Cc1ccc(F)cc1)c1cc(NC(=O)Nc2ccc(Cl)cc2Cl)cc(-c2ccccc2-c2nn[nH]n2)n1. The van der Waals surface area contributed by atoms with Gasteiger partial charge in [-0.2, -0.15) is 5.21 Å². The van der Waals surface area contributed by atoms with Gasteiger partial charge in [-0.3, -0.25) is 0 Å². The van der Waals surface area contributed by atoms with E-state index in [1.807, 2.05) is 24.3 Å². The largest absolute Gasteiger partial charge is 0.352 e. The molecule has 12 heteroatoms. The third kappa shape index (κ3) is 6.97. The first-order chi connectivity index (χ1) is 19.9. The maximum atomic E-state index is 13.6. The Morgan fingerprint density at radius 1 is 0.976 bits per heavy atom. The van der Waals surface area contributed by atoms with Gasteiger partial charge >= 0.3 is 6.03 Å². The standard InChI is InChI=1S/C29H25Cl2FN8O/c1-2-13-40(17-18-7-10-20(32)11-8-18)27-16-21(33-29(41)35-25-12-9-19(30)14-24(25)31)15-26(34-27)22-5-3-4-6-23(22)28-36-38-39-37-28/h3-12,14-16H,2,13,17H2,1H3,(H2,33,34,35,41)(H,36,37,38,39). The van der Waals surface area contributed by atoms with Crippen LogP contribution in [0.1, 0.15) is 18.9 Å². The van der Waals surface area contributed by atoms with Crippen LogP contribution in [0.5, 0.6) is 0 Å². The van der Waals surface area contributed by atoms with Crippen LogP contribution in [-0.2, 0) is 6.54 Å². The van der Waals surface area contributed by atoms with E-state index in [0.29, 0.717) is 51.8 Å². The second-order valence-corrected chi connectivity index (χ2v) is 9.98. The number of carbonyl (C=O) groups is 1. The summed E-state index contributed by atoms with van der Waals surface area (Å²) >= 11 is 12.2. The number of aromatic nitrogens is 5. The number of nitrogens with zero attached hydrogens (tertiary/aromatic N) is 5. The molecule has 2 heterocycles. The Kier molecular flexibility index (Phi) is 8.71. The van der Waals surface area contributed by atoms with Crippen LogP contribution in [0.3, 0.4) is 0 Å². The van der Waals surface area contributed by atoms with Crippen molar-refractivity contribution >= 4 is 46.4 Å². The van der Waals surface area contributed by atoms with Crippen LogP contribution in [0.15, 0.2) is 78.9 Å². The number of carbonyl (C=O) groups excluding carboxylic acids is 1. The Labute approximate surface area is 245 Å². The minimum atomic E-state index is -0.496. The average molecular weight is 591 g/mol. The number of anilines is 3. The fourth-order valence-corrected chi connectivity index (χ4v) is 4.75. The average Bonchev–Trinajstić information content (AvgIpc) is 3.50. The van der Waals surface area contributed by atoms with Crippen LogP contribution in [0.25, 0.3) is 22.6 Å². The smallest absolute Gasteiger partial charge is 0.323 e. The number of pyridine rings is 1. The Bertz CT molecular complexity index is 1650. The van der Waals surface area contributed by atoms with E-state index < -0.39 is 6.03 Å². The topological polar surface area (TPSA) is 112 Å². The van der Waals surface area contributed by atoms with Crippen molar-refractivity contribution in [2.24, 2.45) is 0 Å². The summed E-state index contributed by atoms with van der Waals surface area (Å²) in [6.07, 6.45) is 0.838. The lowest BCUT2D eigenvalue weighted by molar-refractivity contribution is 0.262. The summed E-state index contributed by atoms with van der Waals surface area (Å²) in [5.74, 6) is 0.734. The van der Waals surface area contributed by atoms with Crippen LogP contribution in [-0.4, -0.2) is 38.2 Å². The lowest BCUT2D eigenvalue weighted by Gasteiger charge is -2.25. The summed E-state index contributed by atoms with van der Waals surface area (Å²) in [5.41, 5.74) is 3.88. The van der Waals surface area contributed by atoms with E-state index in [1.54, 1.807) is 42.5 Å². The molecule has 41 heavy (non-hydrogen) atoms. The zero-order valence-electron chi connectivity index (χ0n) is 21.9. The molecule has 0 bridgehead atoms. The van der Waals surface area contributed by atoms with Gasteiger partial charge in [0.1, 0.15) is 11.6 Å². The number of H-pyrrole nitrogens is 1. The molecule has 2 aromatic heterocycles. The molecule has 0 fully saturated rings. The van der Waals surface area contributed by atoms with Gasteiger partial charge in [0, 0.05) is 41.0 Å². The van der Waals surface area contributed by atoms with Crippen LogP contribution in [0, 0.1) is 5.82 Å². The highest BCUT2D eigenvalue weighted by atomic mass is 35.5.